The van der Waals surface area contributed by atoms with Crippen LogP contribution < -0.4 is 0 Å². The molecule has 4 heteroatoms. The number of Topliss-reactive ketones (excluding diaryl/α,β-unsaturated/α-hetero) is 1. The van der Waals surface area contributed by atoms with Gasteiger partial charge in [0.05, 0.1) is 12.2 Å². The zero-order valence-corrected chi connectivity index (χ0v) is 15.4. The van der Waals surface area contributed by atoms with Gasteiger partial charge in [0, 0.05) is 11.8 Å². The number of rotatable bonds is 1. The normalized spacial score (nSPS) is 56.2. The van der Waals surface area contributed by atoms with E-state index in [0.717, 1.165) is 25.7 Å². The van der Waals surface area contributed by atoms with Crippen molar-refractivity contribution < 1.29 is 19.4 Å². The van der Waals surface area contributed by atoms with Crippen molar-refractivity contribution in [2.75, 3.05) is 0 Å². The van der Waals surface area contributed by atoms with Crippen LogP contribution in [0.5, 0.6) is 0 Å². The van der Waals surface area contributed by atoms with Crippen molar-refractivity contribution in [2.45, 2.75) is 77.1 Å². The summed E-state index contributed by atoms with van der Waals surface area (Å²) in [5.41, 5.74) is 0.317. The molecule has 0 amide bonds. The Labute approximate surface area is 149 Å². The summed E-state index contributed by atoms with van der Waals surface area (Å²) < 4.78 is 5.93. The number of epoxide rings is 1. The number of hydrogen-bond donors (Lipinski definition) is 1. The van der Waals surface area contributed by atoms with Gasteiger partial charge in [0.15, 0.2) is 17.2 Å². The van der Waals surface area contributed by atoms with Gasteiger partial charge in [-0.25, -0.2) is 0 Å². The first-order valence-electron chi connectivity index (χ1n) is 9.85. The van der Waals surface area contributed by atoms with Gasteiger partial charge < -0.3 is 9.84 Å². The van der Waals surface area contributed by atoms with Gasteiger partial charge >= 0.3 is 0 Å². The first kappa shape index (κ1) is 16.2. The van der Waals surface area contributed by atoms with Crippen LogP contribution >= 0.6 is 0 Å². The molecule has 4 fully saturated rings. The van der Waals surface area contributed by atoms with E-state index in [4.69, 9.17) is 4.74 Å². The van der Waals surface area contributed by atoms with Crippen LogP contribution in [0.1, 0.15) is 59.3 Å². The molecule has 5 rings (SSSR count). The number of allylic oxidation sites excluding steroid dienone is 1. The number of carbonyl (C=O) groups is 2. The van der Waals surface area contributed by atoms with Crippen LogP contribution in [-0.4, -0.2) is 34.5 Å². The van der Waals surface area contributed by atoms with Gasteiger partial charge in [-0.3, -0.25) is 9.59 Å². The van der Waals surface area contributed by atoms with Crippen molar-refractivity contribution in [1.29, 1.82) is 0 Å². The summed E-state index contributed by atoms with van der Waals surface area (Å²) in [4.78, 5) is 24.3. The van der Waals surface area contributed by atoms with Gasteiger partial charge in [-0.2, -0.15) is 0 Å². The Morgan fingerprint density at radius 2 is 2.08 bits per heavy atom. The van der Waals surface area contributed by atoms with Crippen LogP contribution in [0.4, 0.5) is 0 Å². The molecule has 1 N–H and O–H groups in total. The molecule has 3 saturated carbocycles. The zero-order valence-electron chi connectivity index (χ0n) is 15.4. The summed E-state index contributed by atoms with van der Waals surface area (Å²) >= 11 is 0. The van der Waals surface area contributed by atoms with Crippen LogP contribution in [0, 0.1) is 28.6 Å². The van der Waals surface area contributed by atoms with E-state index in [2.05, 4.69) is 13.8 Å². The van der Waals surface area contributed by atoms with E-state index < -0.39 is 11.7 Å². The van der Waals surface area contributed by atoms with E-state index >= 15 is 0 Å². The molecule has 0 spiro atoms. The van der Waals surface area contributed by atoms with Crippen LogP contribution in [0.25, 0.3) is 0 Å². The lowest BCUT2D eigenvalue weighted by molar-refractivity contribution is -0.158. The number of ketones is 2. The van der Waals surface area contributed by atoms with Gasteiger partial charge in [0.2, 0.25) is 0 Å². The van der Waals surface area contributed by atoms with Crippen molar-refractivity contribution in [2.24, 2.45) is 28.6 Å². The first-order valence-corrected chi connectivity index (χ1v) is 9.85. The summed E-state index contributed by atoms with van der Waals surface area (Å²) in [6, 6.07) is 0. The number of fused-ring (bicyclic) bond motifs is 7. The second-order valence-corrected chi connectivity index (χ2v) is 9.71. The van der Waals surface area contributed by atoms with E-state index in [1.54, 1.807) is 6.92 Å². The summed E-state index contributed by atoms with van der Waals surface area (Å²) in [6.45, 7) is 6.10. The number of carbonyl (C=O) groups excluding carboxylic acids is 2. The third-order valence-electron chi connectivity index (χ3n) is 8.85. The number of aliphatic hydroxyl groups is 1. The summed E-state index contributed by atoms with van der Waals surface area (Å²) in [5, 5.41) is 11.2. The minimum absolute atomic E-state index is 0.0589. The van der Waals surface area contributed by atoms with Gasteiger partial charge in [-0.15, -0.1) is 0 Å². The van der Waals surface area contributed by atoms with E-state index in [-0.39, 0.29) is 34.4 Å². The molecule has 25 heavy (non-hydrogen) atoms. The smallest absolute Gasteiger partial charge is 0.164 e. The molecular formula is C21H28O4. The maximum absolute atomic E-state index is 12.4. The Bertz CT molecular complexity index is 711. The molecular weight excluding hydrogens is 316 g/mol. The second-order valence-electron chi connectivity index (χ2n) is 9.71. The van der Waals surface area contributed by atoms with E-state index in [1.165, 1.54) is 5.57 Å². The minimum Gasteiger partial charge on any atom is -0.393 e. The first-order chi connectivity index (χ1) is 11.7. The minimum atomic E-state index is -0.636. The van der Waals surface area contributed by atoms with Gasteiger partial charge in [0.1, 0.15) is 0 Å². The van der Waals surface area contributed by atoms with E-state index in [9.17, 15) is 14.7 Å². The Kier molecular flexibility index (Phi) is 3.00. The topological polar surface area (TPSA) is 66.9 Å². The largest absolute Gasteiger partial charge is 0.393 e. The number of ether oxygens (including phenoxy) is 1. The Morgan fingerprint density at radius 3 is 2.80 bits per heavy atom. The molecule has 0 aromatic heterocycles. The molecule has 5 aliphatic rings. The fraction of sp³-hybridized carbons (Fsp3) is 0.810. The molecule has 0 radical (unpaired) electrons. The highest BCUT2D eigenvalue weighted by atomic mass is 16.6. The van der Waals surface area contributed by atoms with E-state index in [1.807, 2.05) is 6.08 Å². The quantitative estimate of drug-likeness (QED) is 0.743. The number of hydrogen-bond acceptors (Lipinski definition) is 4. The summed E-state index contributed by atoms with van der Waals surface area (Å²) in [6.07, 6.45) is 6.54. The van der Waals surface area contributed by atoms with Crippen molar-refractivity contribution in [3.63, 3.8) is 0 Å². The molecule has 8 atom stereocenters. The molecule has 0 aromatic carbocycles. The van der Waals surface area contributed by atoms with Crippen molar-refractivity contribution >= 4 is 11.6 Å². The van der Waals surface area contributed by atoms with Crippen molar-refractivity contribution in [3.05, 3.63) is 11.6 Å². The molecule has 136 valence electrons. The predicted octanol–water partition coefficient (Wildman–Crippen LogP) is 2.83. The maximum atomic E-state index is 12.4. The average Bonchev–Trinajstić information content (AvgIpc) is 3.22. The van der Waals surface area contributed by atoms with Crippen LogP contribution in [0.3, 0.4) is 0 Å². The standard InChI is InChI=1S/C21H28O4/c1-11(22)21-17(25-21)9-15-14-5-4-12-8-13(23)6-7-19(12,2)18(14)16(24)10-20(15,21)3/h8,14-18,24H,4-7,9-10H2,1-3H3/t14?,15?,16-,17?,18?,19?,20?,21-/m1/s1. The third-order valence-corrected chi connectivity index (χ3v) is 8.85. The zero-order chi connectivity index (χ0) is 17.8. The van der Waals surface area contributed by atoms with Crippen LogP contribution in [0.15, 0.2) is 11.6 Å². The molecule has 4 aliphatic carbocycles. The molecule has 1 aliphatic heterocycles. The molecule has 0 aromatic rings. The maximum Gasteiger partial charge on any atom is 0.164 e. The molecule has 4 nitrogen and oxygen atoms in total. The lowest BCUT2D eigenvalue weighted by Crippen LogP contribution is -2.59. The molecule has 1 heterocycles. The summed E-state index contributed by atoms with van der Waals surface area (Å²) in [5.74, 6) is 1.46. The fourth-order valence-corrected chi connectivity index (χ4v) is 7.75. The number of aliphatic hydroxyl groups excluding tert-OH is 1. The van der Waals surface area contributed by atoms with E-state index in [0.29, 0.717) is 24.7 Å². The molecule has 6 unspecified atom stereocenters. The highest BCUT2D eigenvalue weighted by molar-refractivity contribution is 5.92. The highest BCUT2D eigenvalue weighted by Gasteiger charge is 2.80. The van der Waals surface area contributed by atoms with Crippen LogP contribution in [-0.2, 0) is 14.3 Å². The van der Waals surface area contributed by atoms with Crippen molar-refractivity contribution in [3.8, 4) is 0 Å². The Morgan fingerprint density at radius 1 is 1.32 bits per heavy atom. The fourth-order valence-electron chi connectivity index (χ4n) is 7.75. The second kappa shape index (κ2) is 4.64. The van der Waals surface area contributed by atoms with Gasteiger partial charge in [-0.1, -0.05) is 19.4 Å². The van der Waals surface area contributed by atoms with Gasteiger partial charge in [-0.05, 0) is 68.3 Å². The van der Waals surface area contributed by atoms with Crippen molar-refractivity contribution in [1.82, 2.24) is 0 Å². The monoisotopic (exact) mass is 344 g/mol. The highest BCUT2D eigenvalue weighted by Crippen LogP contribution is 2.73. The average molecular weight is 344 g/mol. The third kappa shape index (κ3) is 1.71. The Balaban J connectivity index is 1.56. The molecule has 0 bridgehead atoms. The van der Waals surface area contributed by atoms with Crippen LogP contribution in [0.2, 0.25) is 0 Å². The lowest BCUT2D eigenvalue weighted by Gasteiger charge is -2.60. The summed E-state index contributed by atoms with van der Waals surface area (Å²) in [7, 11) is 0. The molecule has 1 saturated heterocycles. The lowest BCUT2D eigenvalue weighted by atomic mass is 9.45. The van der Waals surface area contributed by atoms with Gasteiger partial charge in [0.25, 0.3) is 0 Å². The Hall–Kier alpha value is -1.00. The predicted molar refractivity (Wildman–Crippen MR) is 91.8 cm³/mol. The SMILES string of the molecule is CC(=O)[C@@]12OC1CC1C3CCC4=CC(=O)CCC4(C)C3[C@H](O)CC12C.